The molecule has 88 valence electrons. The lowest BCUT2D eigenvalue weighted by Gasteiger charge is -2.11. The average molecular weight is 248 g/mol. The fraction of sp³-hybridized carbons (Fsp3) is 0.214. The lowest BCUT2D eigenvalue weighted by Crippen LogP contribution is -1.92. The van der Waals surface area contributed by atoms with Gasteiger partial charge in [0.15, 0.2) is 0 Å². The topological polar surface area (TPSA) is 22.1 Å². The van der Waals surface area contributed by atoms with Crippen LogP contribution < -0.4 is 4.74 Å². The van der Waals surface area contributed by atoms with Gasteiger partial charge in [-0.15, -0.1) is 0 Å². The Kier molecular flexibility index (Phi) is 3.64. The summed E-state index contributed by atoms with van der Waals surface area (Å²) in [5.74, 6) is 1.63. The normalized spacial score (nSPS) is 10.3. The molecule has 0 aliphatic heterocycles. The molecule has 0 saturated heterocycles. The number of hydrogen-bond acceptors (Lipinski definition) is 2. The third-order valence-corrected chi connectivity index (χ3v) is 2.80. The highest BCUT2D eigenvalue weighted by molar-refractivity contribution is 6.29. The second kappa shape index (κ2) is 5.19. The highest BCUT2D eigenvalue weighted by atomic mass is 35.5. The number of hydrogen-bond donors (Lipinski definition) is 0. The van der Waals surface area contributed by atoms with Crippen molar-refractivity contribution in [3.63, 3.8) is 0 Å². The maximum Gasteiger partial charge on any atom is 0.134 e. The highest BCUT2D eigenvalue weighted by Crippen LogP contribution is 2.29. The van der Waals surface area contributed by atoms with Crippen LogP contribution >= 0.6 is 11.6 Å². The van der Waals surface area contributed by atoms with Crippen LogP contribution in [0.25, 0.3) is 0 Å². The molecule has 0 atom stereocenters. The molecule has 0 N–H and O–H groups in total. The van der Waals surface area contributed by atoms with E-state index < -0.39 is 0 Å². The van der Waals surface area contributed by atoms with E-state index in [2.05, 4.69) is 18.0 Å². The maximum atomic E-state index is 5.89. The van der Waals surface area contributed by atoms with E-state index in [4.69, 9.17) is 16.3 Å². The van der Waals surface area contributed by atoms with Gasteiger partial charge in [0.1, 0.15) is 16.7 Å². The zero-order valence-corrected chi connectivity index (χ0v) is 10.7. The number of para-hydroxylation sites is 1. The molecular weight excluding hydrogens is 234 g/mol. The number of aromatic nitrogens is 1. The molecular formula is C14H14ClNO. The summed E-state index contributed by atoms with van der Waals surface area (Å²) in [5, 5.41) is 0.444. The molecule has 0 spiro atoms. The number of nitrogens with zero attached hydrogens (tertiary/aromatic N) is 1. The number of rotatable bonds is 3. The minimum Gasteiger partial charge on any atom is -0.457 e. The molecule has 2 rings (SSSR count). The fourth-order valence-electron chi connectivity index (χ4n) is 1.61. The Balaban J connectivity index is 2.34. The minimum atomic E-state index is 0.444. The Hall–Kier alpha value is -1.54. The summed E-state index contributed by atoms with van der Waals surface area (Å²) in [7, 11) is 0. The molecule has 0 radical (unpaired) electrons. The first-order chi connectivity index (χ1) is 8.20. The largest absolute Gasteiger partial charge is 0.457 e. The molecule has 2 nitrogen and oxygen atoms in total. The number of ether oxygens (including phenoxy) is 1. The van der Waals surface area contributed by atoms with Crippen molar-refractivity contribution < 1.29 is 4.74 Å². The summed E-state index contributed by atoms with van der Waals surface area (Å²) in [5.41, 5.74) is 2.15. The lowest BCUT2D eigenvalue weighted by molar-refractivity contribution is 0.472. The molecule has 17 heavy (non-hydrogen) atoms. The zero-order chi connectivity index (χ0) is 12.3. The Morgan fingerprint density at radius 3 is 2.76 bits per heavy atom. The number of halogens is 1. The number of pyridine rings is 1. The first-order valence-corrected chi connectivity index (χ1v) is 5.96. The molecule has 1 aromatic heterocycles. The van der Waals surface area contributed by atoms with E-state index >= 15 is 0 Å². The maximum absolute atomic E-state index is 5.89. The minimum absolute atomic E-state index is 0.444. The van der Waals surface area contributed by atoms with Gasteiger partial charge in [-0.25, -0.2) is 4.98 Å². The Morgan fingerprint density at radius 2 is 2.00 bits per heavy atom. The standard InChI is InChI=1S/C14H14ClNO/c1-3-11-6-4-5-7-12(11)17-13-8-14(15)16-9-10(13)2/h4-9H,3H2,1-2H3. The smallest absolute Gasteiger partial charge is 0.134 e. The highest BCUT2D eigenvalue weighted by Gasteiger charge is 2.06. The van der Waals surface area contributed by atoms with Crippen LogP contribution in [0.1, 0.15) is 18.1 Å². The van der Waals surface area contributed by atoms with E-state index in [0.717, 1.165) is 23.5 Å². The van der Waals surface area contributed by atoms with Gasteiger partial charge in [0.25, 0.3) is 0 Å². The van der Waals surface area contributed by atoms with Crippen molar-refractivity contribution in [3.05, 3.63) is 52.8 Å². The lowest BCUT2D eigenvalue weighted by atomic mass is 10.1. The molecule has 0 unspecified atom stereocenters. The summed E-state index contributed by atoms with van der Waals surface area (Å²) in [6.07, 6.45) is 2.65. The predicted molar refractivity (Wildman–Crippen MR) is 69.9 cm³/mol. The van der Waals surface area contributed by atoms with Crippen molar-refractivity contribution in [2.24, 2.45) is 0 Å². The SMILES string of the molecule is CCc1ccccc1Oc1cc(Cl)ncc1C. The van der Waals surface area contributed by atoms with E-state index in [1.54, 1.807) is 12.3 Å². The molecule has 3 heteroatoms. The first kappa shape index (κ1) is 11.9. The monoisotopic (exact) mass is 247 g/mol. The van der Waals surface area contributed by atoms with Crippen LogP contribution in [-0.2, 0) is 6.42 Å². The van der Waals surface area contributed by atoms with E-state index in [-0.39, 0.29) is 0 Å². The Morgan fingerprint density at radius 1 is 1.24 bits per heavy atom. The molecule has 2 aromatic rings. The van der Waals surface area contributed by atoms with Crippen molar-refractivity contribution in [2.45, 2.75) is 20.3 Å². The zero-order valence-electron chi connectivity index (χ0n) is 9.90. The van der Waals surface area contributed by atoms with Gasteiger partial charge in [-0.3, -0.25) is 0 Å². The second-order valence-electron chi connectivity index (χ2n) is 3.84. The van der Waals surface area contributed by atoms with Gasteiger partial charge < -0.3 is 4.74 Å². The first-order valence-electron chi connectivity index (χ1n) is 5.58. The van der Waals surface area contributed by atoms with E-state index in [9.17, 15) is 0 Å². The van der Waals surface area contributed by atoms with Crippen LogP contribution in [0.5, 0.6) is 11.5 Å². The Labute approximate surface area is 106 Å². The molecule has 0 amide bonds. The molecule has 0 bridgehead atoms. The number of benzene rings is 1. The van der Waals surface area contributed by atoms with Gasteiger partial charge in [0.2, 0.25) is 0 Å². The second-order valence-corrected chi connectivity index (χ2v) is 4.22. The average Bonchev–Trinajstić information content (AvgIpc) is 2.34. The van der Waals surface area contributed by atoms with Gasteiger partial charge in [-0.1, -0.05) is 36.7 Å². The predicted octanol–water partition coefficient (Wildman–Crippen LogP) is 4.40. The van der Waals surface area contributed by atoms with Gasteiger partial charge in [0.05, 0.1) is 0 Å². The van der Waals surface area contributed by atoms with E-state index in [1.807, 2.05) is 25.1 Å². The molecule has 1 aromatic carbocycles. The third kappa shape index (κ3) is 2.77. The third-order valence-electron chi connectivity index (χ3n) is 2.59. The fourth-order valence-corrected chi connectivity index (χ4v) is 1.75. The van der Waals surface area contributed by atoms with Crippen LogP contribution in [0.15, 0.2) is 36.5 Å². The summed E-state index contributed by atoms with van der Waals surface area (Å²) in [6, 6.07) is 9.74. The quantitative estimate of drug-likeness (QED) is 0.750. The van der Waals surface area contributed by atoms with Crippen molar-refractivity contribution in [1.82, 2.24) is 4.98 Å². The molecule has 1 heterocycles. The van der Waals surface area contributed by atoms with Crippen LogP contribution in [-0.4, -0.2) is 4.98 Å². The van der Waals surface area contributed by atoms with Gasteiger partial charge in [-0.05, 0) is 25.0 Å². The van der Waals surface area contributed by atoms with Crippen LogP contribution in [0.3, 0.4) is 0 Å². The van der Waals surface area contributed by atoms with Crippen molar-refractivity contribution >= 4 is 11.6 Å². The van der Waals surface area contributed by atoms with Crippen molar-refractivity contribution in [1.29, 1.82) is 0 Å². The van der Waals surface area contributed by atoms with Gasteiger partial charge >= 0.3 is 0 Å². The van der Waals surface area contributed by atoms with Crippen LogP contribution in [0.4, 0.5) is 0 Å². The molecule has 0 aliphatic carbocycles. The summed E-state index contributed by atoms with van der Waals surface area (Å²) in [4.78, 5) is 4.01. The van der Waals surface area contributed by atoms with E-state index in [0.29, 0.717) is 5.15 Å². The molecule has 0 saturated carbocycles. The molecule has 0 fully saturated rings. The summed E-state index contributed by atoms with van der Waals surface area (Å²) >= 11 is 5.87. The van der Waals surface area contributed by atoms with Crippen molar-refractivity contribution in [3.8, 4) is 11.5 Å². The Bertz CT molecular complexity index is 525. The van der Waals surface area contributed by atoms with Crippen LogP contribution in [0.2, 0.25) is 5.15 Å². The van der Waals surface area contributed by atoms with Crippen molar-refractivity contribution in [2.75, 3.05) is 0 Å². The summed E-state index contributed by atoms with van der Waals surface area (Å²) < 4.78 is 5.89. The molecule has 0 aliphatic rings. The van der Waals surface area contributed by atoms with E-state index in [1.165, 1.54) is 5.56 Å². The summed E-state index contributed by atoms with van der Waals surface area (Å²) in [6.45, 7) is 4.06. The van der Waals surface area contributed by atoms with Gasteiger partial charge in [0, 0.05) is 17.8 Å². The van der Waals surface area contributed by atoms with Crippen LogP contribution in [0, 0.1) is 6.92 Å². The number of aryl methyl sites for hydroxylation is 2. The van der Waals surface area contributed by atoms with Gasteiger partial charge in [-0.2, -0.15) is 0 Å².